The molecule has 110 valence electrons. The highest BCUT2D eigenvalue weighted by molar-refractivity contribution is 6.32. The molecule has 0 aromatic heterocycles. The molecule has 2 rings (SSSR count). The van der Waals surface area contributed by atoms with E-state index in [1.807, 2.05) is 7.05 Å². The Morgan fingerprint density at radius 2 is 2.10 bits per heavy atom. The van der Waals surface area contributed by atoms with Crippen LogP contribution in [0.25, 0.3) is 0 Å². The largest absolute Gasteiger partial charge is 0.482 e. The van der Waals surface area contributed by atoms with Crippen LogP contribution in [0.1, 0.15) is 32.1 Å². The minimum absolute atomic E-state index is 0.0711. The second kappa shape index (κ2) is 6.93. The first-order chi connectivity index (χ1) is 9.58. The Bertz CT molecular complexity index is 475. The van der Waals surface area contributed by atoms with Gasteiger partial charge in [-0.1, -0.05) is 30.9 Å². The van der Waals surface area contributed by atoms with E-state index >= 15 is 0 Å². The first-order valence-electron chi connectivity index (χ1n) is 6.91. The van der Waals surface area contributed by atoms with Crippen LogP contribution in [-0.2, 0) is 4.79 Å². The van der Waals surface area contributed by atoms with Crippen molar-refractivity contribution in [3.05, 3.63) is 29.0 Å². The average Bonchev–Trinajstić information content (AvgIpc) is 2.46. The molecule has 1 aliphatic rings. The number of halogens is 2. The molecule has 5 heteroatoms. The van der Waals surface area contributed by atoms with E-state index in [1.54, 1.807) is 4.90 Å². The molecule has 0 bridgehead atoms. The summed E-state index contributed by atoms with van der Waals surface area (Å²) in [5.41, 5.74) is 0. The highest BCUT2D eigenvalue weighted by atomic mass is 35.5. The first-order valence-corrected chi connectivity index (χ1v) is 7.29. The SMILES string of the molecule is CN(C(=O)COc1ccc(F)cc1Cl)C1CCCCC1. The number of rotatable bonds is 4. The van der Waals surface area contributed by atoms with Crippen LogP contribution in [0, 0.1) is 5.82 Å². The van der Waals surface area contributed by atoms with Crippen molar-refractivity contribution in [2.75, 3.05) is 13.7 Å². The lowest BCUT2D eigenvalue weighted by Gasteiger charge is -2.31. The van der Waals surface area contributed by atoms with E-state index in [9.17, 15) is 9.18 Å². The molecule has 1 aromatic rings. The van der Waals surface area contributed by atoms with Gasteiger partial charge in [-0.15, -0.1) is 0 Å². The van der Waals surface area contributed by atoms with Crippen LogP contribution in [0.4, 0.5) is 4.39 Å². The Kier molecular flexibility index (Phi) is 5.24. The third kappa shape index (κ3) is 3.85. The quantitative estimate of drug-likeness (QED) is 0.849. The number of nitrogens with zero attached hydrogens (tertiary/aromatic N) is 1. The van der Waals surface area contributed by atoms with Crippen LogP contribution in [0.3, 0.4) is 0 Å². The summed E-state index contributed by atoms with van der Waals surface area (Å²) in [5, 5.41) is 0.179. The van der Waals surface area contributed by atoms with Crippen LogP contribution < -0.4 is 4.74 Å². The molecule has 20 heavy (non-hydrogen) atoms. The first kappa shape index (κ1) is 15.1. The summed E-state index contributed by atoms with van der Waals surface area (Å²) in [4.78, 5) is 13.8. The number of carbonyl (C=O) groups excluding carboxylic acids is 1. The topological polar surface area (TPSA) is 29.5 Å². The van der Waals surface area contributed by atoms with Crippen LogP contribution >= 0.6 is 11.6 Å². The van der Waals surface area contributed by atoms with Gasteiger partial charge in [-0.25, -0.2) is 4.39 Å². The zero-order valence-corrected chi connectivity index (χ0v) is 12.3. The number of hydrogen-bond acceptors (Lipinski definition) is 2. The van der Waals surface area contributed by atoms with E-state index in [2.05, 4.69) is 0 Å². The average molecular weight is 300 g/mol. The molecule has 1 amide bonds. The molecule has 3 nitrogen and oxygen atoms in total. The summed E-state index contributed by atoms with van der Waals surface area (Å²) in [5.74, 6) is -0.163. The highest BCUT2D eigenvalue weighted by Crippen LogP contribution is 2.25. The zero-order chi connectivity index (χ0) is 14.5. The monoisotopic (exact) mass is 299 g/mol. The molecule has 1 fully saturated rings. The Morgan fingerprint density at radius 1 is 1.40 bits per heavy atom. The van der Waals surface area contributed by atoms with Crippen molar-refractivity contribution in [2.45, 2.75) is 38.1 Å². The third-order valence-electron chi connectivity index (χ3n) is 3.76. The van der Waals surface area contributed by atoms with Crippen LogP contribution in [0.2, 0.25) is 5.02 Å². The maximum Gasteiger partial charge on any atom is 0.260 e. The molecule has 0 saturated heterocycles. The van der Waals surface area contributed by atoms with Crippen molar-refractivity contribution < 1.29 is 13.9 Å². The molecule has 0 spiro atoms. The van der Waals surface area contributed by atoms with Gasteiger partial charge < -0.3 is 9.64 Å². The maximum absolute atomic E-state index is 12.9. The molecule has 1 aliphatic carbocycles. The van der Waals surface area contributed by atoms with Gasteiger partial charge in [0.2, 0.25) is 0 Å². The van der Waals surface area contributed by atoms with Crippen LogP contribution in [-0.4, -0.2) is 30.5 Å². The predicted octanol–water partition coefficient (Wildman–Crippen LogP) is 3.65. The zero-order valence-electron chi connectivity index (χ0n) is 11.6. The summed E-state index contributed by atoms with van der Waals surface area (Å²) in [7, 11) is 1.81. The van der Waals surface area contributed by atoms with E-state index in [0.29, 0.717) is 11.8 Å². The molecule has 0 heterocycles. The fourth-order valence-corrected chi connectivity index (χ4v) is 2.73. The minimum atomic E-state index is -0.423. The molecular weight excluding hydrogens is 281 g/mol. The number of hydrogen-bond donors (Lipinski definition) is 0. The van der Waals surface area contributed by atoms with Crippen LogP contribution in [0.15, 0.2) is 18.2 Å². The van der Waals surface area contributed by atoms with Crippen LogP contribution in [0.5, 0.6) is 5.75 Å². The van der Waals surface area contributed by atoms with Gasteiger partial charge in [0.05, 0.1) is 5.02 Å². The van der Waals surface area contributed by atoms with Crippen molar-refractivity contribution in [1.82, 2.24) is 4.90 Å². The molecule has 0 unspecified atom stereocenters. The van der Waals surface area contributed by atoms with Gasteiger partial charge in [-0.2, -0.15) is 0 Å². The fraction of sp³-hybridized carbons (Fsp3) is 0.533. The Labute approximate surface area is 123 Å². The second-order valence-electron chi connectivity index (χ2n) is 5.16. The van der Waals surface area contributed by atoms with Gasteiger partial charge in [0.25, 0.3) is 5.91 Å². The van der Waals surface area contributed by atoms with Gasteiger partial charge in [0.1, 0.15) is 11.6 Å². The van der Waals surface area contributed by atoms with Gasteiger partial charge in [-0.3, -0.25) is 4.79 Å². The van der Waals surface area contributed by atoms with Crippen molar-refractivity contribution >= 4 is 17.5 Å². The lowest BCUT2D eigenvalue weighted by Crippen LogP contribution is -2.40. The number of amides is 1. The van der Waals surface area contributed by atoms with Crippen molar-refractivity contribution in [3.8, 4) is 5.75 Å². The lowest BCUT2D eigenvalue weighted by atomic mass is 9.94. The number of likely N-dealkylation sites (N-methyl/N-ethyl adjacent to an activating group) is 1. The molecule has 0 radical (unpaired) electrons. The van der Waals surface area contributed by atoms with Crippen molar-refractivity contribution in [2.24, 2.45) is 0 Å². The molecule has 0 N–H and O–H groups in total. The number of benzene rings is 1. The summed E-state index contributed by atoms with van der Waals surface area (Å²) in [6.45, 7) is -0.0711. The minimum Gasteiger partial charge on any atom is -0.482 e. The molecule has 1 saturated carbocycles. The van der Waals surface area contributed by atoms with Gasteiger partial charge in [-0.05, 0) is 31.0 Å². The highest BCUT2D eigenvalue weighted by Gasteiger charge is 2.22. The molecular formula is C15H19ClFNO2. The molecule has 0 aliphatic heterocycles. The van der Waals surface area contributed by atoms with E-state index in [0.717, 1.165) is 12.8 Å². The summed E-state index contributed by atoms with van der Waals surface area (Å²) < 4.78 is 18.3. The Balaban J connectivity index is 1.87. The second-order valence-corrected chi connectivity index (χ2v) is 5.57. The van der Waals surface area contributed by atoms with E-state index in [1.165, 1.54) is 37.5 Å². The molecule has 1 aromatic carbocycles. The normalized spacial score (nSPS) is 15.9. The third-order valence-corrected chi connectivity index (χ3v) is 4.06. The van der Waals surface area contributed by atoms with Crippen molar-refractivity contribution in [3.63, 3.8) is 0 Å². The number of carbonyl (C=O) groups is 1. The van der Waals surface area contributed by atoms with Gasteiger partial charge >= 0.3 is 0 Å². The van der Waals surface area contributed by atoms with Gasteiger partial charge in [0.15, 0.2) is 6.61 Å². The molecule has 0 atom stereocenters. The van der Waals surface area contributed by atoms with E-state index in [4.69, 9.17) is 16.3 Å². The summed E-state index contributed by atoms with van der Waals surface area (Å²) >= 11 is 5.85. The van der Waals surface area contributed by atoms with E-state index < -0.39 is 5.82 Å². The summed E-state index contributed by atoms with van der Waals surface area (Å²) in [6, 6.07) is 4.18. The number of ether oxygens (including phenoxy) is 1. The Hall–Kier alpha value is -1.29. The predicted molar refractivity (Wildman–Crippen MR) is 76.5 cm³/mol. The van der Waals surface area contributed by atoms with Gasteiger partial charge in [0, 0.05) is 13.1 Å². The van der Waals surface area contributed by atoms with E-state index in [-0.39, 0.29) is 17.5 Å². The maximum atomic E-state index is 12.9. The lowest BCUT2D eigenvalue weighted by molar-refractivity contribution is -0.134. The smallest absolute Gasteiger partial charge is 0.260 e. The summed E-state index contributed by atoms with van der Waals surface area (Å²) in [6.07, 6.45) is 5.71. The fourth-order valence-electron chi connectivity index (χ4n) is 2.51. The Morgan fingerprint density at radius 3 is 2.75 bits per heavy atom. The standard InChI is InChI=1S/C15H19ClFNO2/c1-18(12-5-3-2-4-6-12)15(19)10-20-14-8-7-11(17)9-13(14)16/h7-9,12H,2-6,10H2,1H3. The van der Waals surface area contributed by atoms with Crippen molar-refractivity contribution in [1.29, 1.82) is 0 Å².